The van der Waals surface area contributed by atoms with E-state index in [1.165, 1.54) is 6.07 Å². The van der Waals surface area contributed by atoms with Gasteiger partial charge in [-0.05, 0) is 18.1 Å². The van der Waals surface area contributed by atoms with Crippen LogP contribution in [0.3, 0.4) is 0 Å². The van der Waals surface area contributed by atoms with Gasteiger partial charge in [0.25, 0.3) is 0 Å². The highest BCUT2D eigenvalue weighted by Gasteiger charge is 2.13. The smallest absolute Gasteiger partial charge is 0.212 e. The van der Waals surface area contributed by atoms with Crippen molar-refractivity contribution in [3.8, 4) is 0 Å². The molecule has 0 aliphatic heterocycles. The van der Waals surface area contributed by atoms with E-state index in [1.807, 2.05) is 0 Å². The van der Waals surface area contributed by atoms with Crippen LogP contribution in [0, 0.1) is 11.6 Å². The molecule has 0 N–H and O–H groups in total. The third kappa shape index (κ3) is 3.59. The minimum atomic E-state index is -3.66. The summed E-state index contributed by atoms with van der Waals surface area (Å²) in [5.41, 5.74) is 0.208. The van der Waals surface area contributed by atoms with Crippen molar-refractivity contribution in [2.24, 2.45) is 0 Å². The number of rotatable bonds is 3. The summed E-state index contributed by atoms with van der Waals surface area (Å²) in [7, 11) is 1.30. The first-order chi connectivity index (χ1) is 6.81. The Hall–Kier alpha value is -0.390. The highest BCUT2D eigenvalue weighted by Crippen LogP contribution is 2.23. The van der Waals surface area contributed by atoms with Gasteiger partial charge in [0, 0.05) is 10.7 Å². The van der Waals surface area contributed by atoms with Crippen LogP contribution in [0.1, 0.15) is 5.56 Å². The maximum Gasteiger partial charge on any atom is 0.232 e. The van der Waals surface area contributed by atoms with Crippen LogP contribution in [0.5, 0.6) is 0 Å². The van der Waals surface area contributed by atoms with Gasteiger partial charge in [-0.15, -0.1) is 0 Å². The quantitative estimate of drug-likeness (QED) is 0.628. The minimum Gasteiger partial charge on any atom is -0.212 e. The van der Waals surface area contributed by atoms with Gasteiger partial charge in [-0.25, -0.2) is 17.2 Å². The molecule has 0 aromatic heterocycles. The van der Waals surface area contributed by atoms with Gasteiger partial charge in [0.05, 0.1) is 10.8 Å². The Morgan fingerprint density at radius 2 is 1.87 bits per heavy atom. The van der Waals surface area contributed by atoms with Crippen LogP contribution in [0.4, 0.5) is 8.78 Å². The van der Waals surface area contributed by atoms with E-state index in [0.29, 0.717) is 0 Å². The maximum absolute atomic E-state index is 12.9. The van der Waals surface area contributed by atoms with Gasteiger partial charge < -0.3 is 0 Å². The first kappa shape index (κ1) is 12.7. The molecule has 2 nitrogen and oxygen atoms in total. The summed E-state index contributed by atoms with van der Waals surface area (Å²) in [5.74, 6) is -2.63. The van der Waals surface area contributed by atoms with Crippen molar-refractivity contribution in [2.75, 3.05) is 5.75 Å². The van der Waals surface area contributed by atoms with Crippen molar-refractivity contribution in [2.45, 2.75) is 6.42 Å². The van der Waals surface area contributed by atoms with Crippen molar-refractivity contribution in [3.05, 3.63) is 34.4 Å². The van der Waals surface area contributed by atoms with Crippen molar-refractivity contribution < 1.29 is 17.2 Å². The molecule has 0 radical (unpaired) electrons. The number of benzene rings is 1. The molecule has 84 valence electrons. The lowest BCUT2D eigenvalue weighted by atomic mass is 10.1. The van der Waals surface area contributed by atoms with E-state index >= 15 is 0 Å². The van der Waals surface area contributed by atoms with Gasteiger partial charge in [-0.1, -0.05) is 17.7 Å². The lowest BCUT2D eigenvalue weighted by molar-refractivity contribution is 0.507. The van der Waals surface area contributed by atoms with Crippen LogP contribution >= 0.6 is 22.3 Å². The largest absolute Gasteiger partial charge is 0.232 e. The molecule has 0 spiro atoms. The van der Waals surface area contributed by atoms with Gasteiger partial charge in [-0.2, -0.15) is 0 Å². The topological polar surface area (TPSA) is 34.1 Å². The summed E-state index contributed by atoms with van der Waals surface area (Å²) in [4.78, 5) is 0. The monoisotopic (exact) mass is 274 g/mol. The second-order valence-electron chi connectivity index (χ2n) is 2.83. The van der Waals surface area contributed by atoms with Gasteiger partial charge in [0.1, 0.15) is 0 Å². The normalized spacial score (nSPS) is 11.7. The molecule has 0 saturated carbocycles. The van der Waals surface area contributed by atoms with Crippen molar-refractivity contribution in [1.82, 2.24) is 0 Å². The number of hydrogen-bond donors (Lipinski definition) is 0. The van der Waals surface area contributed by atoms with Crippen molar-refractivity contribution in [1.29, 1.82) is 0 Å². The summed E-state index contributed by atoms with van der Waals surface area (Å²) >= 11 is 5.47. The van der Waals surface area contributed by atoms with Crippen LogP contribution in [-0.4, -0.2) is 14.2 Å². The molecule has 0 bridgehead atoms. The molecule has 0 aliphatic rings. The van der Waals surface area contributed by atoms with Crippen LogP contribution in [0.15, 0.2) is 12.1 Å². The van der Waals surface area contributed by atoms with E-state index in [0.717, 1.165) is 6.07 Å². The second kappa shape index (κ2) is 4.63. The molecule has 0 heterocycles. The molecule has 1 aromatic rings. The Kier molecular flexibility index (Phi) is 3.92. The third-order valence-electron chi connectivity index (χ3n) is 1.73. The zero-order valence-corrected chi connectivity index (χ0v) is 9.63. The van der Waals surface area contributed by atoms with Crippen LogP contribution in [-0.2, 0) is 15.5 Å². The summed E-state index contributed by atoms with van der Waals surface area (Å²) in [6, 6.07) is 2.11. The fraction of sp³-hybridized carbons (Fsp3) is 0.250. The molecule has 0 unspecified atom stereocenters. The summed E-state index contributed by atoms with van der Waals surface area (Å²) < 4.78 is 46.8. The Morgan fingerprint density at radius 3 is 2.40 bits per heavy atom. The molecule has 0 atom stereocenters. The minimum absolute atomic E-state index is 0.0537. The molecule has 1 rings (SSSR count). The van der Waals surface area contributed by atoms with E-state index in [9.17, 15) is 17.2 Å². The van der Waals surface area contributed by atoms with Crippen LogP contribution < -0.4 is 0 Å². The SMILES string of the molecule is O=S(=O)(Cl)CCc1ccc(F)c(F)c1Cl. The third-order valence-corrected chi connectivity index (χ3v) is 3.29. The van der Waals surface area contributed by atoms with Gasteiger partial charge in [-0.3, -0.25) is 0 Å². The number of halogens is 4. The predicted molar refractivity (Wildman–Crippen MR) is 54.7 cm³/mol. The maximum atomic E-state index is 12.9. The van der Waals surface area contributed by atoms with Crippen LogP contribution in [0.2, 0.25) is 5.02 Å². The highest BCUT2D eigenvalue weighted by molar-refractivity contribution is 8.13. The lowest BCUT2D eigenvalue weighted by Gasteiger charge is -2.04. The van der Waals surface area contributed by atoms with E-state index < -0.39 is 25.7 Å². The Balaban J connectivity index is 2.93. The highest BCUT2D eigenvalue weighted by atomic mass is 35.7. The van der Waals surface area contributed by atoms with E-state index in [4.69, 9.17) is 22.3 Å². The first-order valence-corrected chi connectivity index (χ1v) is 6.71. The molecular formula is C8H6Cl2F2O2S. The van der Waals surface area contributed by atoms with Crippen LogP contribution in [0.25, 0.3) is 0 Å². The zero-order chi connectivity index (χ0) is 11.6. The fourth-order valence-electron chi connectivity index (χ4n) is 0.991. The molecule has 0 aliphatic carbocycles. The van der Waals surface area contributed by atoms with Crippen molar-refractivity contribution in [3.63, 3.8) is 0 Å². The molecule has 0 fully saturated rings. The van der Waals surface area contributed by atoms with Crippen molar-refractivity contribution >= 4 is 31.3 Å². The zero-order valence-electron chi connectivity index (χ0n) is 7.31. The standard InChI is InChI=1S/C8H6Cl2F2O2S/c9-7-5(3-4-15(10,13)14)1-2-6(11)8(7)12/h1-2H,3-4H2. The molecular weight excluding hydrogens is 269 g/mol. The average Bonchev–Trinajstić information content (AvgIpc) is 2.12. The van der Waals surface area contributed by atoms with Gasteiger partial charge >= 0.3 is 0 Å². The fourth-order valence-corrected chi connectivity index (χ4v) is 1.93. The Morgan fingerprint density at radius 1 is 1.27 bits per heavy atom. The van der Waals surface area contributed by atoms with E-state index in [-0.39, 0.29) is 17.7 Å². The summed E-state index contributed by atoms with van der Waals surface area (Å²) in [6.07, 6.45) is -0.0537. The van der Waals surface area contributed by atoms with Gasteiger partial charge in [0.2, 0.25) is 9.05 Å². The van der Waals surface area contributed by atoms with E-state index in [2.05, 4.69) is 0 Å². The van der Waals surface area contributed by atoms with Gasteiger partial charge in [0.15, 0.2) is 11.6 Å². The lowest BCUT2D eigenvalue weighted by Crippen LogP contribution is -2.02. The Labute approximate surface area is 95.2 Å². The molecule has 1 aromatic carbocycles. The number of aryl methyl sites for hydroxylation is 1. The Bertz CT molecular complexity index is 474. The predicted octanol–water partition coefficient (Wildman–Crippen LogP) is 2.73. The van der Waals surface area contributed by atoms with E-state index in [1.54, 1.807) is 0 Å². The second-order valence-corrected chi connectivity index (χ2v) is 6.10. The molecule has 0 saturated heterocycles. The molecule has 7 heteroatoms. The first-order valence-electron chi connectivity index (χ1n) is 3.86. The average molecular weight is 275 g/mol. The number of hydrogen-bond acceptors (Lipinski definition) is 2. The summed E-state index contributed by atoms with van der Waals surface area (Å²) in [6.45, 7) is 0. The molecule has 0 amide bonds. The molecule has 15 heavy (non-hydrogen) atoms. The summed E-state index contributed by atoms with van der Waals surface area (Å²) in [5, 5.41) is -0.407.